The Bertz CT molecular complexity index is 2230. The number of aliphatic imine (C=N–C) groups is 1. The molecular weight excluding hydrogens is 783 g/mol. The van der Waals surface area contributed by atoms with Gasteiger partial charge >= 0.3 is 6.03 Å². The molecule has 11 nitrogen and oxygen atoms in total. The number of imide groups is 1. The molecule has 0 radical (unpaired) electrons. The lowest BCUT2D eigenvalue weighted by atomic mass is 9.87. The van der Waals surface area contributed by atoms with Crippen molar-refractivity contribution in [3.8, 4) is 0 Å². The van der Waals surface area contributed by atoms with Crippen LogP contribution in [0.3, 0.4) is 0 Å². The Labute approximate surface area is 353 Å². The number of thioether (sulfide) groups is 1. The van der Waals surface area contributed by atoms with Crippen LogP contribution in [0.5, 0.6) is 0 Å². The standard InChI is InChI=1S/C46H55N5O6S2/c1-5-6-7-16-28-57-29-17-27-50-43(47-37-22-14-15-23-40(37)59(50,55)56)42(51-41(52)33-49(45(51)54)32-35-20-12-9-13-21-35)44(53)48-38-31-36(46(2,3)4)24-25-39(38)58-30-26-34-18-10-8-11-19-34/h8-15,18-25,31,42H,5-7,16-17,26-30,32-33H2,1-4H3,(H,48,53). The summed E-state index contributed by atoms with van der Waals surface area (Å²) in [5.74, 6) is -0.896. The Morgan fingerprint density at radius 3 is 2.25 bits per heavy atom. The van der Waals surface area contributed by atoms with Gasteiger partial charge in [-0.25, -0.2) is 23.1 Å². The number of hydrogen-bond acceptors (Lipinski definition) is 8. The van der Waals surface area contributed by atoms with E-state index in [9.17, 15) is 18.0 Å². The number of ether oxygens (including phenoxy) is 1. The molecule has 4 aromatic rings. The number of hydrogen-bond donors (Lipinski definition) is 1. The summed E-state index contributed by atoms with van der Waals surface area (Å²) in [5, 5.41) is 3.07. The number of carbonyl (C=O) groups excluding carboxylic acids is 3. The molecule has 0 bridgehead atoms. The van der Waals surface area contributed by atoms with Gasteiger partial charge in [0.1, 0.15) is 11.4 Å². The monoisotopic (exact) mass is 837 g/mol. The molecule has 6 rings (SSSR count). The molecule has 2 heterocycles. The van der Waals surface area contributed by atoms with E-state index >= 15 is 4.79 Å². The van der Waals surface area contributed by atoms with E-state index in [2.05, 4.69) is 45.1 Å². The summed E-state index contributed by atoms with van der Waals surface area (Å²) in [7, 11) is -4.29. The minimum atomic E-state index is -4.29. The Hall–Kier alpha value is -4.98. The predicted molar refractivity (Wildman–Crippen MR) is 235 cm³/mol. The molecule has 2 aliphatic rings. The summed E-state index contributed by atoms with van der Waals surface area (Å²) in [6.07, 6.45) is 5.26. The second kappa shape index (κ2) is 19.8. The lowest BCUT2D eigenvalue weighted by molar-refractivity contribution is -0.130. The SMILES string of the molecule is CCCCCCOCCCN1C(C(C(=O)Nc2cc(C(C)(C)C)ccc2SCCc2ccccc2)N2C(=O)CN(Cc3ccccc3)C2=O)=Nc2ccccc2S1(=O)=O. The topological polar surface area (TPSA) is 129 Å². The van der Waals surface area contributed by atoms with Gasteiger partial charge < -0.3 is 15.0 Å². The number of rotatable bonds is 19. The number of nitrogens with zero attached hydrogens (tertiary/aromatic N) is 4. The van der Waals surface area contributed by atoms with Crippen molar-refractivity contribution in [2.75, 3.05) is 37.4 Å². The van der Waals surface area contributed by atoms with Crippen LogP contribution in [0.15, 0.2) is 118 Å². The van der Waals surface area contributed by atoms with Gasteiger partial charge in [-0.05, 0) is 65.6 Å². The second-order valence-electron chi connectivity index (χ2n) is 15.9. The summed E-state index contributed by atoms with van der Waals surface area (Å²) >= 11 is 1.58. The molecule has 4 aromatic carbocycles. The number of urea groups is 1. The lowest BCUT2D eigenvalue weighted by Gasteiger charge is -2.36. The summed E-state index contributed by atoms with van der Waals surface area (Å²) in [6, 6.07) is 29.2. The third-order valence-corrected chi connectivity index (χ3v) is 13.3. The van der Waals surface area contributed by atoms with Crippen LogP contribution in [0.1, 0.15) is 76.5 Å². The van der Waals surface area contributed by atoms with Gasteiger partial charge in [-0.15, -0.1) is 11.8 Å². The van der Waals surface area contributed by atoms with E-state index in [0.29, 0.717) is 18.7 Å². The fourth-order valence-corrected chi connectivity index (χ4v) is 9.72. The summed E-state index contributed by atoms with van der Waals surface area (Å²) in [4.78, 5) is 51.5. The fourth-order valence-electron chi connectivity index (χ4n) is 7.11. The van der Waals surface area contributed by atoms with Crippen molar-refractivity contribution in [2.45, 2.75) is 94.0 Å². The van der Waals surface area contributed by atoms with Crippen LogP contribution in [0.4, 0.5) is 16.2 Å². The highest BCUT2D eigenvalue weighted by atomic mass is 32.2. The Morgan fingerprint density at radius 1 is 0.864 bits per heavy atom. The number of sulfonamides is 1. The number of amides is 4. The van der Waals surface area contributed by atoms with E-state index in [1.54, 1.807) is 30.0 Å². The van der Waals surface area contributed by atoms with Crippen LogP contribution in [-0.2, 0) is 42.7 Å². The number of para-hydroxylation sites is 1. The molecule has 1 saturated heterocycles. The highest BCUT2D eigenvalue weighted by Gasteiger charge is 2.50. The van der Waals surface area contributed by atoms with Crippen molar-refractivity contribution >= 4 is 56.8 Å². The first-order valence-corrected chi connectivity index (χ1v) is 22.9. The number of unbranched alkanes of at least 4 members (excludes halogenated alkanes) is 3. The van der Waals surface area contributed by atoms with Crippen LogP contribution in [0.25, 0.3) is 0 Å². The minimum absolute atomic E-state index is 0.0249. The number of aryl methyl sites for hydroxylation is 1. The number of fused-ring (bicyclic) bond motifs is 1. The van der Waals surface area contributed by atoms with Gasteiger partial charge in [0.25, 0.3) is 21.8 Å². The molecule has 4 amide bonds. The summed E-state index contributed by atoms with van der Waals surface area (Å²) in [6.45, 7) is 8.95. The van der Waals surface area contributed by atoms with E-state index in [0.717, 1.165) is 63.1 Å². The molecule has 312 valence electrons. The normalized spacial score (nSPS) is 15.6. The van der Waals surface area contributed by atoms with Gasteiger partial charge in [-0.2, -0.15) is 0 Å². The van der Waals surface area contributed by atoms with E-state index in [1.165, 1.54) is 16.5 Å². The third kappa shape index (κ3) is 10.8. The van der Waals surface area contributed by atoms with E-state index in [-0.39, 0.29) is 48.1 Å². The molecule has 13 heteroatoms. The molecule has 1 N–H and O–H groups in total. The smallest absolute Gasteiger partial charge is 0.328 e. The van der Waals surface area contributed by atoms with Gasteiger partial charge in [0.2, 0.25) is 0 Å². The highest BCUT2D eigenvalue weighted by molar-refractivity contribution is 7.99. The third-order valence-electron chi connectivity index (χ3n) is 10.3. The molecule has 2 aliphatic heterocycles. The summed E-state index contributed by atoms with van der Waals surface area (Å²) < 4.78 is 36.0. The molecule has 0 spiro atoms. The maximum atomic E-state index is 15.1. The van der Waals surface area contributed by atoms with Gasteiger partial charge in [0.05, 0.1) is 11.4 Å². The molecule has 0 aliphatic carbocycles. The second-order valence-corrected chi connectivity index (χ2v) is 18.8. The Kier molecular flexibility index (Phi) is 14.7. The molecule has 1 fully saturated rings. The molecule has 1 atom stereocenters. The largest absolute Gasteiger partial charge is 0.381 e. The maximum Gasteiger partial charge on any atom is 0.328 e. The number of nitrogens with one attached hydrogen (secondary N) is 1. The number of benzene rings is 4. The first-order valence-electron chi connectivity index (χ1n) is 20.4. The number of carbonyl (C=O) groups is 3. The van der Waals surface area contributed by atoms with Crippen molar-refractivity contribution in [1.29, 1.82) is 0 Å². The fraction of sp³-hybridized carbons (Fsp3) is 0.391. The van der Waals surface area contributed by atoms with Gasteiger partial charge in [-0.1, -0.05) is 126 Å². The van der Waals surface area contributed by atoms with Crippen LogP contribution in [0.2, 0.25) is 0 Å². The van der Waals surface area contributed by atoms with Gasteiger partial charge in [0.15, 0.2) is 11.9 Å². The van der Waals surface area contributed by atoms with Crippen LogP contribution < -0.4 is 5.32 Å². The van der Waals surface area contributed by atoms with Crippen LogP contribution >= 0.6 is 11.8 Å². The molecule has 0 saturated carbocycles. The van der Waals surface area contributed by atoms with Crippen molar-refractivity contribution < 1.29 is 27.5 Å². The maximum absolute atomic E-state index is 15.1. The van der Waals surface area contributed by atoms with E-state index in [4.69, 9.17) is 9.73 Å². The highest BCUT2D eigenvalue weighted by Crippen LogP contribution is 2.37. The molecule has 1 unspecified atom stereocenters. The predicted octanol–water partition coefficient (Wildman–Crippen LogP) is 8.81. The van der Waals surface area contributed by atoms with Crippen molar-refractivity contribution in [3.63, 3.8) is 0 Å². The Balaban J connectivity index is 1.38. The number of anilines is 1. The summed E-state index contributed by atoms with van der Waals surface area (Å²) in [5.41, 5.74) is 3.29. The lowest BCUT2D eigenvalue weighted by Crippen LogP contribution is -2.58. The van der Waals surface area contributed by atoms with Crippen molar-refractivity contribution in [2.24, 2.45) is 4.99 Å². The first kappa shape index (κ1) is 43.6. The first-order chi connectivity index (χ1) is 28.4. The molecule has 0 aromatic heterocycles. The van der Waals surface area contributed by atoms with Crippen LogP contribution in [0, 0.1) is 0 Å². The van der Waals surface area contributed by atoms with Gasteiger partial charge in [0, 0.05) is 37.0 Å². The van der Waals surface area contributed by atoms with Gasteiger partial charge in [-0.3, -0.25) is 13.9 Å². The molecule has 59 heavy (non-hydrogen) atoms. The van der Waals surface area contributed by atoms with Crippen molar-refractivity contribution in [1.82, 2.24) is 14.1 Å². The zero-order valence-corrected chi connectivity index (χ0v) is 36.1. The van der Waals surface area contributed by atoms with Crippen molar-refractivity contribution in [3.05, 3.63) is 120 Å². The van der Waals surface area contributed by atoms with Crippen LogP contribution in [-0.4, -0.2) is 84.3 Å². The zero-order valence-electron chi connectivity index (χ0n) is 34.4. The van der Waals surface area contributed by atoms with E-state index in [1.807, 2.05) is 66.7 Å². The van der Waals surface area contributed by atoms with E-state index < -0.39 is 33.9 Å². The quantitative estimate of drug-likeness (QED) is 0.0568. The molecular formula is C46H55N5O6S2. The number of amidine groups is 1. The average molecular weight is 838 g/mol. The zero-order chi connectivity index (χ0) is 42.0. The minimum Gasteiger partial charge on any atom is -0.381 e. The Morgan fingerprint density at radius 2 is 1.54 bits per heavy atom. The average Bonchev–Trinajstić information content (AvgIpc) is 3.48.